The first-order valence-corrected chi connectivity index (χ1v) is 15.7. The zero-order chi connectivity index (χ0) is 40.4. The summed E-state index contributed by atoms with van der Waals surface area (Å²) >= 11 is 0. The summed E-state index contributed by atoms with van der Waals surface area (Å²) in [5.41, 5.74) is 5.93. The third kappa shape index (κ3) is 5.26. The highest BCUT2D eigenvalue weighted by atomic mass is 15.2. The maximum absolute atomic E-state index is 9.21. The van der Waals surface area contributed by atoms with Crippen LogP contribution in [0.3, 0.4) is 0 Å². The van der Waals surface area contributed by atoms with Gasteiger partial charge in [-0.25, -0.2) is 4.98 Å². The van der Waals surface area contributed by atoms with Crippen LogP contribution in [-0.2, 0) is 0 Å². The molecule has 49 heavy (non-hydrogen) atoms. The molecule has 0 saturated heterocycles. The van der Waals surface area contributed by atoms with Gasteiger partial charge in [0.2, 0.25) is 5.95 Å². The van der Waals surface area contributed by atoms with Gasteiger partial charge in [0.15, 0.2) is 11.6 Å². The normalized spacial score (nSPS) is 13.8. The Morgan fingerprint density at radius 1 is 0.388 bits per heavy atom. The first-order chi connectivity index (χ1) is 28.0. The van der Waals surface area contributed by atoms with Gasteiger partial charge in [0, 0.05) is 21.9 Å². The Morgan fingerprint density at radius 3 is 1.84 bits per heavy atom. The summed E-state index contributed by atoms with van der Waals surface area (Å²) in [5, 5.41) is 0.514. The molecule has 7 aromatic carbocycles. The standard InChI is InChI=1S/C45H30N4/c1-4-15-31(16-5-1)34-21-14-22-36(29-34)43-46-44(39-25-11-10-23-37(39)33-19-8-3-9-20-33)48-45(47-43)49-41-26-13-12-24-38(41)40-30-35(27-28-42(40)49)32-17-6-2-7-18-32/h1-30H/i2D,6D,7D,12D,13D,17D,18D,24D,26D. The zero-order valence-electron chi connectivity index (χ0n) is 34.9. The lowest BCUT2D eigenvalue weighted by Crippen LogP contribution is -2.07. The average Bonchev–Trinajstić information content (AvgIpc) is 3.61. The number of fused-ring (bicyclic) bond motifs is 3. The molecule has 0 fully saturated rings. The summed E-state index contributed by atoms with van der Waals surface area (Å²) in [6, 6.07) is 36.4. The van der Waals surface area contributed by atoms with Crippen molar-refractivity contribution in [3.8, 4) is 62.1 Å². The van der Waals surface area contributed by atoms with Gasteiger partial charge in [-0.05, 0) is 57.6 Å². The molecule has 0 bridgehead atoms. The van der Waals surface area contributed by atoms with Gasteiger partial charge in [-0.1, -0.05) is 158 Å². The number of nitrogens with zero attached hydrogens (tertiary/aromatic N) is 4. The highest BCUT2D eigenvalue weighted by Gasteiger charge is 2.20. The molecule has 0 aliphatic rings. The highest BCUT2D eigenvalue weighted by molar-refractivity contribution is 6.10. The van der Waals surface area contributed by atoms with Crippen LogP contribution in [0.4, 0.5) is 0 Å². The number of hydrogen-bond donors (Lipinski definition) is 0. The maximum atomic E-state index is 9.21. The Morgan fingerprint density at radius 2 is 1.02 bits per heavy atom. The van der Waals surface area contributed by atoms with Gasteiger partial charge in [0.1, 0.15) is 0 Å². The predicted octanol–water partition coefficient (Wildman–Crippen LogP) is 11.3. The molecule has 0 radical (unpaired) electrons. The van der Waals surface area contributed by atoms with Crippen LogP contribution < -0.4 is 0 Å². The fraction of sp³-hybridized carbons (Fsp3) is 0. The summed E-state index contributed by atoms with van der Waals surface area (Å²) < 4.78 is 79.2. The Labute approximate surface area is 297 Å². The summed E-state index contributed by atoms with van der Waals surface area (Å²) in [6.07, 6.45) is 0. The molecule has 2 aromatic heterocycles. The van der Waals surface area contributed by atoms with Gasteiger partial charge in [0.25, 0.3) is 0 Å². The lowest BCUT2D eigenvalue weighted by Gasteiger charge is -2.14. The first kappa shape index (κ1) is 20.6. The van der Waals surface area contributed by atoms with E-state index in [2.05, 4.69) is 0 Å². The molecule has 2 heterocycles. The number of aromatic nitrogens is 4. The molecular formula is C45H30N4. The number of benzene rings is 7. The van der Waals surface area contributed by atoms with Gasteiger partial charge < -0.3 is 0 Å². The molecule has 0 N–H and O–H groups in total. The van der Waals surface area contributed by atoms with Crippen molar-refractivity contribution >= 4 is 21.8 Å². The minimum atomic E-state index is -0.518. The fourth-order valence-corrected chi connectivity index (χ4v) is 6.21. The van der Waals surface area contributed by atoms with Crippen LogP contribution in [0.5, 0.6) is 0 Å². The van der Waals surface area contributed by atoms with E-state index in [1.165, 1.54) is 0 Å². The molecule has 9 rings (SSSR count). The quantitative estimate of drug-likeness (QED) is 0.183. The topological polar surface area (TPSA) is 43.6 Å². The average molecular weight is 636 g/mol. The van der Waals surface area contributed by atoms with Gasteiger partial charge in [0.05, 0.1) is 23.4 Å². The molecule has 0 spiro atoms. The Kier molecular flexibility index (Phi) is 5.11. The van der Waals surface area contributed by atoms with Crippen molar-refractivity contribution in [2.75, 3.05) is 0 Å². The van der Waals surface area contributed by atoms with Crippen molar-refractivity contribution in [2.24, 2.45) is 0 Å². The molecule has 0 saturated carbocycles. The summed E-state index contributed by atoms with van der Waals surface area (Å²) in [4.78, 5) is 15.1. The predicted molar refractivity (Wildman–Crippen MR) is 201 cm³/mol. The van der Waals surface area contributed by atoms with E-state index in [-0.39, 0.29) is 40.1 Å². The van der Waals surface area contributed by atoms with Crippen LogP contribution >= 0.6 is 0 Å². The summed E-state index contributed by atoms with van der Waals surface area (Å²) in [7, 11) is 0. The van der Waals surface area contributed by atoms with Crippen molar-refractivity contribution in [1.82, 2.24) is 19.5 Å². The molecule has 4 nitrogen and oxygen atoms in total. The lowest BCUT2D eigenvalue weighted by molar-refractivity contribution is 0.954. The molecule has 4 heteroatoms. The van der Waals surface area contributed by atoms with E-state index in [9.17, 15) is 1.37 Å². The minimum absolute atomic E-state index is 0.0322. The fourth-order valence-electron chi connectivity index (χ4n) is 6.21. The number of hydrogen-bond acceptors (Lipinski definition) is 3. The van der Waals surface area contributed by atoms with Crippen LogP contribution in [0.25, 0.3) is 83.9 Å². The molecule has 0 amide bonds. The molecular weight excluding hydrogens is 597 g/mol. The van der Waals surface area contributed by atoms with E-state index in [0.29, 0.717) is 33.7 Å². The molecule has 230 valence electrons. The number of para-hydroxylation sites is 1. The van der Waals surface area contributed by atoms with E-state index in [4.69, 9.17) is 25.9 Å². The Bertz CT molecular complexity index is 3090. The molecule has 9 aromatic rings. The molecule has 0 unspecified atom stereocenters. The van der Waals surface area contributed by atoms with E-state index in [1.54, 1.807) is 22.8 Å². The van der Waals surface area contributed by atoms with Crippen LogP contribution in [0.1, 0.15) is 12.3 Å². The van der Waals surface area contributed by atoms with E-state index >= 15 is 0 Å². The third-order valence-electron chi connectivity index (χ3n) is 8.49. The van der Waals surface area contributed by atoms with Crippen molar-refractivity contribution < 1.29 is 12.3 Å². The van der Waals surface area contributed by atoms with Gasteiger partial charge in [-0.15, -0.1) is 0 Å². The largest absolute Gasteiger partial charge is 0.278 e. The zero-order valence-corrected chi connectivity index (χ0v) is 25.9. The van der Waals surface area contributed by atoms with Crippen LogP contribution in [0.2, 0.25) is 0 Å². The van der Waals surface area contributed by atoms with Crippen molar-refractivity contribution in [1.29, 1.82) is 0 Å². The lowest BCUT2D eigenvalue weighted by atomic mass is 9.99. The second-order valence-corrected chi connectivity index (χ2v) is 11.4. The SMILES string of the molecule is [2H]c1c([2H])c([2H])c(-c2ccc3c(c2)c2c([2H])c([2H])c([2H])c([2H])c2n3-c2nc(-c3cccc(-c4ccccc4)c3)nc(-c3ccccc3-c3ccccc3)n2)c([2H])c1[2H]. The van der Waals surface area contributed by atoms with Crippen LogP contribution in [0.15, 0.2) is 182 Å². The third-order valence-corrected chi connectivity index (χ3v) is 8.49. The maximum Gasteiger partial charge on any atom is 0.238 e. The monoisotopic (exact) mass is 635 g/mol. The molecule has 0 aliphatic heterocycles. The van der Waals surface area contributed by atoms with Crippen LogP contribution in [0, 0.1) is 0 Å². The van der Waals surface area contributed by atoms with Gasteiger partial charge in [-0.3, -0.25) is 4.57 Å². The van der Waals surface area contributed by atoms with Gasteiger partial charge in [-0.2, -0.15) is 9.97 Å². The molecule has 0 aliphatic carbocycles. The second-order valence-electron chi connectivity index (χ2n) is 11.4. The van der Waals surface area contributed by atoms with Crippen molar-refractivity contribution in [3.05, 3.63) is 182 Å². The molecule has 0 atom stereocenters. The minimum Gasteiger partial charge on any atom is -0.278 e. The van der Waals surface area contributed by atoms with Crippen LogP contribution in [-0.4, -0.2) is 19.5 Å². The summed E-state index contributed by atoms with van der Waals surface area (Å²) in [6.45, 7) is 0. The second kappa shape index (κ2) is 12.2. The Hall–Kier alpha value is -6.65. The van der Waals surface area contributed by atoms with E-state index < -0.39 is 42.3 Å². The van der Waals surface area contributed by atoms with E-state index in [1.807, 2.05) is 109 Å². The van der Waals surface area contributed by atoms with Crippen molar-refractivity contribution in [3.63, 3.8) is 0 Å². The smallest absolute Gasteiger partial charge is 0.238 e. The van der Waals surface area contributed by atoms with Gasteiger partial charge >= 0.3 is 0 Å². The highest BCUT2D eigenvalue weighted by Crippen LogP contribution is 2.36. The van der Waals surface area contributed by atoms with Crippen molar-refractivity contribution in [2.45, 2.75) is 0 Å². The summed E-state index contributed by atoms with van der Waals surface area (Å²) in [5.74, 6) is 0.747. The Balaban J connectivity index is 1.37. The number of rotatable bonds is 6. The van der Waals surface area contributed by atoms with E-state index in [0.717, 1.165) is 22.3 Å². The first-order valence-electron chi connectivity index (χ1n) is 20.2.